The topological polar surface area (TPSA) is 55.0 Å². The second-order valence-electron chi connectivity index (χ2n) is 5.27. The molecule has 0 aliphatic heterocycles. The molecule has 0 unspecified atom stereocenters. The Hall–Kier alpha value is -2.17. The first-order valence-electron chi connectivity index (χ1n) is 7.13. The lowest BCUT2D eigenvalue weighted by molar-refractivity contribution is 0.567. The molecular weight excluding hydrogens is 267 g/mol. The summed E-state index contributed by atoms with van der Waals surface area (Å²) < 4.78 is 14.5. The van der Waals surface area contributed by atoms with E-state index in [9.17, 15) is 4.39 Å². The molecule has 0 amide bonds. The van der Waals surface area contributed by atoms with Crippen LogP contribution >= 0.6 is 0 Å². The zero-order valence-electron chi connectivity index (χ0n) is 12.7. The minimum absolute atomic E-state index is 0.122. The first-order chi connectivity index (χ1) is 10.0. The minimum Gasteiger partial charge on any atom is -0.399 e. The van der Waals surface area contributed by atoms with Gasteiger partial charge in [-0.25, -0.2) is 14.4 Å². The van der Waals surface area contributed by atoms with E-state index in [4.69, 9.17) is 5.73 Å². The van der Waals surface area contributed by atoms with E-state index in [1.165, 1.54) is 6.33 Å². The molecule has 2 N–H and O–H groups in total. The lowest BCUT2D eigenvalue weighted by Gasteiger charge is -2.28. The van der Waals surface area contributed by atoms with Crippen molar-refractivity contribution in [1.29, 1.82) is 0 Å². The Bertz CT molecular complexity index is 596. The number of benzene rings is 1. The van der Waals surface area contributed by atoms with Crippen molar-refractivity contribution in [2.75, 3.05) is 10.6 Å². The molecule has 0 atom stereocenters. The fourth-order valence-electron chi connectivity index (χ4n) is 2.16. The van der Waals surface area contributed by atoms with Gasteiger partial charge in [0.15, 0.2) is 11.6 Å². The van der Waals surface area contributed by atoms with E-state index in [1.54, 1.807) is 0 Å². The molecule has 1 aromatic heterocycles. The van der Waals surface area contributed by atoms with Gasteiger partial charge in [-0.1, -0.05) is 19.1 Å². The number of nitrogen functional groups attached to an aromatic ring is 1. The highest BCUT2D eigenvalue weighted by Gasteiger charge is 2.19. The summed E-state index contributed by atoms with van der Waals surface area (Å²) in [5, 5.41) is 0. The predicted octanol–water partition coefficient (Wildman–Crippen LogP) is 3.18. The average molecular weight is 288 g/mol. The molecule has 1 aromatic carbocycles. The molecule has 1 heterocycles. The van der Waals surface area contributed by atoms with Gasteiger partial charge in [0, 0.05) is 18.3 Å². The van der Waals surface area contributed by atoms with Gasteiger partial charge in [0.25, 0.3) is 0 Å². The van der Waals surface area contributed by atoms with Crippen molar-refractivity contribution in [3.63, 3.8) is 0 Å². The molecule has 5 heteroatoms. The minimum atomic E-state index is -0.329. The van der Waals surface area contributed by atoms with E-state index >= 15 is 0 Å². The van der Waals surface area contributed by atoms with Crippen LogP contribution < -0.4 is 10.6 Å². The third kappa shape index (κ3) is 3.48. The Kier molecular flexibility index (Phi) is 4.73. The van der Waals surface area contributed by atoms with Crippen LogP contribution in [0.25, 0.3) is 0 Å². The summed E-state index contributed by atoms with van der Waals surface area (Å²) in [5.41, 5.74) is 7.93. The molecule has 0 bridgehead atoms. The lowest BCUT2D eigenvalue weighted by atomic mass is 10.1. The molecule has 0 spiro atoms. The fraction of sp³-hybridized carbons (Fsp3) is 0.375. The van der Waals surface area contributed by atoms with Crippen molar-refractivity contribution >= 4 is 11.5 Å². The fourth-order valence-corrected chi connectivity index (χ4v) is 2.16. The highest BCUT2D eigenvalue weighted by molar-refractivity contribution is 5.45. The van der Waals surface area contributed by atoms with Crippen LogP contribution in [0.3, 0.4) is 0 Å². The van der Waals surface area contributed by atoms with E-state index in [0.717, 1.165) is 11.3 Å². The van der Waals surface area contributed by atoms with Gasteiger partial charge in [0.1, 0.15) is 6.33 Å². The molecule has 0 fully saturated rings. The summed E-state index contributed by atoms with van der Waals surface area (Å²) in [5.74, 6) is 0.0258. The highest BCUT2D eigenvalue weighted by atomic mass is 19.1. The number of rotatable bonds is 5. The summed E-state index contributed by atoms with van der Waals surface area (Å²) in [6.45, 7) is 6.50. The van der Waals surface area contributed by atoms with Crippen LogP contribution in [0, 0.1) is 5.82 Å². The first-order valence-corrected chi connectivity index (χ1v) is 7.13. The molecule has 2 aromatic rings. The zero-order valence-corrected chi connectivity index (χ0v) is 12.7. The molecule has 112 valence electrons. The van der Waals surface area contributed by atoms with Gasteiger partial charge in [0.2, 0.25) is 0 Å². The highest BCUT2D eigenvalue weighted by Crippen LogP contribution is 2.23. The van der Waals surface area contributed by atoms with Gasteiger partial charge >= 0.3 is 0 Å². The molecule has 4 nitrogen and oxygen atoms in total. The van der Waals surface area contributed by atoms with Gasteiger partial charge in [-0.2, -0.15) is 0 Å². The molecule has 0 saturated carbocycles. The second kappa shape index (κ2) is 6.52. The monoisotopic (exact) mass is 288 g/mol. The molecule has 0 saturated heterocycles. The maximum atomic E-state index is 14.5. The van der Waals surface area contributed by atoms with Crippen molar-refractivity contribution in [1.82, 2.24) is 9.97 Å². The number of hydrogen-bond acceptors (Lipinski definition) is 4. The number of anilines is 2. The Morgan fingerprint density at radius 2 is 1.86 bits per heavy atom. The third-order valence-electron chi connectivity index (χ3n) is 3.41. The summed E-state index contributed by atoms with van der Waals surface area (Å²) >= 11 is 0. The van der Waals surface area contributed by atoms with Gasteiger partial charge in [-0.15, -0.1) is 0 Å². The number of aromatic nitrogens is 2. The predicted molar refractivity (Wildman–Crippen MR) is 83.5 cm³/mol. The summed E-state index contributed by atoms with van der Waals surface area (Å²) in [7, 11) is 0. The summed E-state index contributed by atoms with van der Waals surface area (Å²) in [6, 6.07) is 7.72. The number of aryl methyl sites for hydroxylation is 1. The van der Waals surface area contributed by atoms with Crippen LogP contribution in [-0.4, -0.2) is 16.0 Å². The van der Waals surface area contributed by atoms with Crippen LogP contribution in [0.5, 0.6) is 0 Å². The Labute approximate surface area is 124 Å². The quantitative estimate of drug-likeness (QED) is 0.859. The van der Waals surface area contributed by atoms with E-state index in [-0.39, 0.29) is 11.9 Å². The maximum absolute atomic E-state index is 14.5. The normalized spacial score (nSPS) is 10.9. The lowest BCUT2D eigenvalue weighted by Crippen LogP contribution is -2.32. The third-order valence-corrected chi connectivity index (χ3v) is 3.41. The Morgan fingerprint density at radius 3 is 2.43 bits per heavy atom. The summed E-state index contributed by atoms with van der Waals surface area (Å²) in [6.07, 6.45) is 1.98. The molecule has 0 aliphatic carbocycles. The number of nitrogens with two attached hydrogens (primary N) is 1. The standard InChI is InChI=1S/C16H21FN4/c1-4-14-15(17)16(20-10-19-14)21(11(2)3)9-12-5-7-13(18)8-6-12/h5-8,10-11H,4,9,18H2,1-3H3. The zero-order chi connectivity index (χ0) is 15.4. The van der Waals surface area contributed by atoms with E-state index in [2.05, 4.69) is 9.97 Å². The largest absolute Gasteiger partial charge is 0.399 e. The van der Waals surface area contributed by atoms with Gasteiger partial charge in [-0.3, -0.25) is 0 Å². The number of nitrogens with zero attached hydrogens (tertiary/aromatic N) is 3. The smallest absolute Gasteiger partial charge is 0.187 e. The molecule has 21 heavy (non-hydrogen) atoms. The molecular formula is C16H21FN4. The number of halogens is 1. The second-order valence-corrected chi connectivity index (χ2v) is 5.27. The van der Waals surface area contributed by atoms with Crippen LogP contribution in [0.4, 0.5) is 15.9 Å². The van der Waals surface area contributed by atoms with Gasteiger partial charge in [-0.05, 0) is 38.0 Å². The van der Waals surface area contributed by atoms with Crippen LogP contribution in [-0.2, 0) is 13.0 Å². The van der Waals surface area contributed by atoms with Crippen molar-refractivity contribution in [2.24, 2.45) is 0 Å². The first kappa shape index (κ1) is 15.2. The van der Waals surface area contributed by atoms with Crippen LogP contribution in [0.2, 0.25) is 0 Å². The van der Waals surface area contributed by atoms with Gasteiger partial charge in [0.05, 0.1) is 5.69 Å². The van der Waals surface area contributed by atoms with E-state index < -0.39 is 0 Å². The maximum Gasteiger partial charge on any atom is 0.187 e. The Balaban J connectivity index is 2.33. The number of hydrogen-bond donors (Lipinski definition) is 1. The van der Waals surface area contributed by atoms with E-state index in [1.807, 2.05) is 49.9 Å². The molecule has 0 radical (unpaired) electrons. The average Bonchev–Trinajstić information content (AvgIpc) is 2.47. The van der Waals surface area contributed by atoms with Crippen molar-refractivity contribution in [3.8, 4) is 0 Å². The van der Waals surface area contributed by atoms with Crippen LogP contribution in [0.1, 0.15) is 32.0 Å². The SMILES string of the molecule is CCc1ncnc(N(Cc2ccc(N)cc2)C(C)C)c1F. The molecule has 0 aliphatic rings. The van der Waals surface area contributed by atoms with Crippen molar-refractivity contribution in [3.05, 3.63) is 47.7 Å². The Morgan fingerprint density at radius 1 is 1.19 bits per heavy atom. The van der Waals surface area contributed by atoms with Gasteiger partial charge < -0.3 is 10.6 Å². The van der Waals surface area contributed by atoms with Crippen molar-refractivity contribution < 1.29 is 4.39 Å². The van der Waals surface area contributed by atoms with Crippen LogP contribution in [0.15, 0.2) is 30.6 Å². The van der Waals surface area contributed by atoms with E-state index in [0.29, 0.717) is 24.5 Å². The summed E-state index contributed by atoms with van der Waals surface area (Å²) in [4.78, 5) is 10.1. The molecule has 2 rings (SSSR count). The van der Waals surface area contributed by atoms with Crippen molar-refractivity contribution in [2.45, 2.75) is 39.8 Å².